The van der Waals surface area contributed by atoms with E-state index in [9.17, 15) is 4.79 Å². The fourth-order valence-corrected chi connectivity index (χ4v) is 3.77. The average Bonchev–Trinajstić information content (AvgIpc) is 2.97. The van der Waals surface area contributed by atoms with Gasteiger partial charge in [-0.1, -0.05) is 53.9 Å². The predicted octanol–water partition coefficient (Wildman–Crippen LogP) is 2.96. The predicted molar refractivity (Wildman–Crippen MR) is 89.6 cm³/mol. The first kappa shape index (κ1) is 15.4. The Kier molecular flexibility index (Phi) is 6.47. The van der Waals surface area contributed by atoms with E-state index in [1.807, 2.05) is 6.07 Å². The van der Waals surface area contributed by atoms with Crippen molar-refractivity contribution in [2.75, 3.05) is 18.1 Å². The maximum Gasteiger partial charge on any atom is 0.230 e. The molecule has 0 unspecified atom stereocenters. The molecule has 0 aliphatic carbocycles. The van der Waals surface area contributed by atoms with Crippen molar-refractivity contribution in [2.45, 2.75) is 25.8 Å². The molecule has 0 radical (unpaired) electrons. The zero-order chi connectivity index (χ0) is 14.2. The molecule has 1 amide bonds. The SMILES string of the molecule is C[C@H](CCc1ccccc1)NC(=O)CSC1=NCCS1. The topological polar surface area (TPSA) is 41.5 Å². The summed E-state index contributed by atoms with van der Waals surface area (Å²) < 4.78 is 1.05. The van der Waals surface area contributed by atoms with Crippen LogP contribution in [0, 0.1) is 0 Å². The van der Waals surface area contributed by atoms with Crippen molar-refractivity contribution < 1.29 is 4.79 Å². The summed E-state index contributed by atoms with van der Waals surface area (Å²) in [4.78, 5) is 16.2. The summed E-state index contributed by atoms with van der Waals surface area (Å²) in [6.45, 7) is 2.95. The van der Waals surface area contributed by atoms with Gasteiger partial charge in [0.25, 0.3) is 0 Å². The normalized spacial score (nSPS) is 15.8. The smallest absolute Gasteiger partial charge is 0.230 e. The van der Waals surface area contributed by atoms with Crippen molar-refractivity contribution >= 4 is 33.8 Å². The molecule has 0 aromatic heterocycles. The summed E-state index contributed by atoms with van der Waals surface area (Å²) in [6.07, 6.45) is 1.97. The number of carbonyl (C=O) groups is 1. The molecule has 1 aliphatic heterocycles. The number of nitrogens with zero attached hydrogens (tertiary/aromatic N) is 1. The highest BCUT2D eigenvalue weighted by Crippen LogP contribution is 2.21. The number of hydrogen-bond acceptors (Lipinski definition) is 4. The van der Waals surface area contributed by atoms with Crippen LogP contribution in [0.3, 0.4) is 0 Å². The number of nitrogens with one attached hydrogen (secondary N) is 1. The zero-order valence-corrected chi connectivity index (χ0v) is 13.3. The van der Waals surface area contributed by atoms with E-state index in [-0.39, 0.29) is 11.9 Å². The fraction of sp³-hybridized carbons (Fsp3) is 0.467. The molecule has 0 spiro atoms. The number of amides is 1. The van der Waals surface area contributed by atoms with Gasteiger partial charge >= 0.3 is 0 Å². The van der Waals surface area contributed by atoms with Crippen LogP contribution in [0.25, 0.3) is 0 Å². The Bertz CT molecular complexity index is 462. The number of benzene rings is 1. The molecule has 0 saturated carbocycles. The van der Waals surface area contributed by atoms with E-state index in [1.165, 1.54) is 5.56 Å². The van der Waals surface area contributed by atoms with Crippen molar-refractivity contribution in [1.82, 2.24) is 5.32 Å². The monoisotopic (exact) mass is 308 g/mol. The van der Waals surface area contributed by atoms with Crippen LogP contribution in [0.2, 0.25) is 0 Å². The molecule has 1 aliphatic rings. The highest BCUT2D eigenvalue weighted by atomic mass is 32.2. The molecule has 3 nitrogen and oxygen atoms in total. The third-order valence-electron chi connectivity index (χ3n) is 3.00. The fourth-order valence-electron chi connectivity index (χ4n) is 1.95. The van der Waals surface area contributed by atoms with E-state index in [4.69, 9.17) is 0 Å². The van der Waals surface area contributed by atoms with E-state index in [2.05, 4.69) is 41.5 Å². The highest BCUT2D eigenvalue weighted by molar-refractivity contribution is 8.39. The minimum atomic E-state index is 0.103. The highest BCUT2D eigenvalue weighted by Gasteiger charge is 2.12. The molecule has 1 atom stereocenters. The maximum absolute atomic E-state index is 11.8. The molecule has 1 aromatic rings. The quantitative estimate of drug-likeness (QED) is 0.878. The van der Waals surface area contributed by atoms with E-state index in [0.717, 1.165) is 29.5 Å². The van der Waals surface area contributed by atoms with Crippen LogP contribution < -0.4 is 5.32 Å². The van der Waals surface area contributed by atoms with Gasteiger partial charge in [-0.05, 0) is 25.3 Å². The van der Waals surface area contributed by atoms with Gasteiger partial charge in [0.15, 0.2) is 0 Å². The van der Waals surface area contributed by atoms with Gasteiger partial charge in [0, 0.05) is 11.8 Å². The number of rotatable bonds is 6. The summed E-state index contributed by atoms with van der Waals surface area (Å²) in [7, 11) is 0. The Morgan fingerprint density at radius 1 is 1.45 bits per heavy atom. The molecule has 108 valence electrons. The molecule has 0 saturated heterocycles. The van der Waals surface area contributed by atoms with Gasteiger partial charge in [-0.2, -0.15) is 0 Å². The van der Waals surface area contributed by atoms with Gasteiger partial charge in [0.1, 0.15) is 4.38 Å². The molecular formula is C15H20N2OS2. The standard InChI is InChI=1S/C15H20N2OS2/c1-12(7-8-13-5-3-2-4-6-13)17-14(18)11-20-15-16-9-10-19-15/h2-6,12H,7-11H2,1H3,(H,17,18)/t12-/m1/s1. The van der Waals surface area contributed by atoms with Gasteiger partial charge in [-0.25, -0.2) is 0 Å². The minimum absolute atomic E-state index is 0.103. The number of aryl methyl sites for hydroxylation is 1. The summed E-state index contributed by atoms with van der Waals surface area (Å²) in [5.41, 5.74) is 1.32. The van der Waals surface area contributed by atoms with E-state index in [0.29, 0.717) is 5.75 Å². The lowest BCUT2D eigenvalue weighted by molar-refractivity contribution is -0.119. The molecule has 0 fully saturated rings. The Morgan fingerprint density at radius 3 is 2.95 bits per heavy atom. The van der Waals surface area contributed by atoms with E-state index >= 15 is 0 Å². The molecule has 1 N–H and O–H groups in total. The lowest BCUT2D eigenvalue weighted by atomic mass is 10.1. The third-order valence-corrected chi connectivity index (χ3v) is 5.25. The second-order valence-electron chi connectivity index (χ2n) is 4.78. The number of thioether (sulfide) groups is 2. The van der Waals surface area contributed by atoms with Gasteiger partial charge in [-0.3, -0.25) is 9.79 Å². The van der Waals surface area contributed by atoms with E-state index in [1.54, 1.807) is 23.5 Å². The minimum Gasteiger partial charge on any atom is -0.353 e. The molecule has 1 heterocycles. The van der Waals surface area contributed by atoms with Crippen LogP contribution in [-0.2, 0) is 11.2 Å². The van der Waals surface area contributed by atoms with Crippen LogP contribution in [0.15, 0.2) is 35.3 Å². The lowest BCUT2D eigenvalue weighted by Crippen LogP contribution is -2.34. The number of hydrogen-bond donors (Lipinski definition) is 1. The largest absolute Gasteiger partial charge is 0.353 e. The number of carbonyl (C=O) groups excluding carboxylic acids is 1. The van der Waals surface area contributed by atoms with Crippen LogP contribution >= 0.6 is 23.5 Å². The van der Waals surface area contributed by atoms with Crippen LogP contribution in [0.1, 0.15) is 18.9 Å². The number of aliphatic imine (C=N–C) groups is 1. The molecular weight excluding hydrogens is 288 g/mol. The van der Waals surface area contributed by atoms with Crippen molar-refractivity contribution in [3.63, 3.8) is 0 Å². The first-order valence-electron chi connectivity index (χ1n) is 6.87. The third kappa shape index (κ3) is 5.59. The maximum atomic E-state index is 11.8. The van der Waals surface area contributed by atoms with Crippen molar-refractivity contribution in [3.8, 4) is 0 Å². The summed E-state index contributed by atoms with van der Waals surface area (Å²) >= 11 is 3.29. The molecule has 2 rings (SSSR count). The van der Waals surface area contributed by atoms with Crippen molar-refractivity contribution in [2.24, 2.45) is 4.99 Å². The summed E-state index contributed by atoms with van der Waals surface area (Å²) in [5, 5.41) is 3.05. The van der Waals surface area contributed by atoms with Gasteiger partial charge < -0.3 is 5.32 Å². The van der Waals surface area contributed by atoms with Crippen LogP contribution in [0.4, 0.5) is 0 Å². The summed E-state index contributed by atoms with van der Waals surface area (Å²) in [5.74, 6) is 1.63. The molecule has 1 aromatic carbocycles. The Balaban J connectivity index is 1.63. The van der Waals surface area contributed by atoms with Gasteiger partial charge in [-0.15, -0.1) is 0 Å². The first-order chi connectivity index (χ1) is 9.74. The van der Waals surface area contributed by atoms with Gasteiger partial charge in [0.05, 0.1) is 12.3 Å². The average molecular weight is 308 g/mol. The zero-order valence-electron chi connectivity index (χ0n) is 11.7. The second-order valence-corrected chi connectivity index (χ2v) is 7.08. The second kappa shape index (κ2) is 8.37. The Morgan fingerprint density at radius 2 is 2.25 bits per heavy atom. The van der Waals surface area contributed by atoms with Crippen molar-refractivity contribution in [3.05, 3.63) is 35.9 Å². The van der Waals surface area contributed by atoms with Crippen LogP contribution in [0.5, 0.6) is 0 Å². The molecule has 5 heteroatoms. The molecule has 20 heavy (non-hydrogen) atoms. The van der Waals surface area contributed by atoms with Crippen molar-refractivity contribution in [1.29, 1.82) is 0 Å². The lowest BCUT2D eigenvalue weighted by Gasteiger charge is -2.13. The van der Waals surface area contributed by atoms with E-state index < -0.39 is 0 Å². The molecule has 0 bridgehead atoms. The Labute approximate surface area is 129 Å². The Hall–Kier alpha value is -0.940. The van der Waals surface area contributed by atoms with Crippen LogP contribution in [-0.4, -0.2) is 34.4 Å². The van der Waals surface area contributed by atoms with Gasteiger partial charge in [0.2, 0.25) is 5.91 Å². The first-order valence-corrected chi connectivity index (χ1v) is 8.84. The summed E-state index contributed by atoms with van der Waals surface area (Å²) in [6, 6.07) is 10.6.